The summed E-state index contributed by atoms with van der Waals surface area (Å²) in [4.78, 5) is 23.9. The van der Waals surface area contributed by atoms with Gasteiger partial charge in [-0.2, -0.15) is 0 Å². The molecule has 1 fully saturated rings. The molecule has 0 bridgehead atoms. The summed E-state index contributed by atoms with van der Waals surface area (Å²) in [5.74, 6) is -0.127. The topological polar surface area (TPSA) is 57.6 Å². The van der Waals surface area contributed by atoms with Gasteiger partial charge in [0, 0.05) is 12.8 Å². The van der Waals surface area contributed by atoms with Gasteiger partial charge in [-0.1, -0.05) is 12.1 Å². The quantitative estimate of drug-likeness (QED) is 0.734. The molecular formula is C11H11NO3. The number of carbonyl (C=O) groups is 2. The van der Waals surface area contributed by atoms with Crippen LogP contribution in [0.1, 0.15) is 18.4 Å². The number of benzene rings is 1. The third-order valence-electron chi connectivity index (χ3n) is 2.41. The molecule has 0 aliphatic carbocycles. The number of imide groups is 1. The minimum Gasteiger partial charge on any atom is -0.508 e. The number of likely N-dealkylation sites (tertiary alicyclic amines) is 1. The average molecular weight is 205 g/mol. The predicted octanol–water partition coefficient (Wildman–Crippen LogP) is 1.04. The maximum atomic E-state index is 11.3. The zero-order valence-electron chi connectivity index (χ0n) is 8.14. The molecule has 78 valence electrons. The smallest absolute Gasteiger partial charge is 0.229 e. The molecule has 0 aromatic heterocycles. The number of phenols is 1. The van der Waals surface area contributed by atoms with Gasteiger partial charge in [-0.05, 0) is 17.7 Å². The fraction of sp³-hybridized carbons (Fsp3) is 0.273. The predicted molar refractivity (Wildman–Crippen MR) is 52.9 cm³/mol. The first-order valence-electron chi connectivity index (χ1n) is 4.78. The van der Waals surface area contributed by atoms with E-state index in [4.69, 9.17) is 0 Å². The lowest BCUT2D eigenvalue weighted by atomic mass is 10.2. The van der Waals surface area contributed by atoms with E-state index in [1.54, 1.807) is 24.3 Å². The van der Waals surface area contributed by atoms with Crippen LogP contribution in [-0.2, 0) is 16.1 Å². The van der Waals surface area contributed by atoms with Crippen LogP contribution in [0.3, 0.4) is 0 Å². The maximum absolute atomic E-state index is 11.3. The molecule has 1 heterocycles. The fourth-order valence-electron chi connectivity index (χ4n) is 1.64. The Hall–Kier alpha value is -1.84. The lowest BCUT2D eigenvalue weighted by Gasteiger charge is -2.13. The Morgan fingerprint density at radius 2 is 1.87 bits per heavy atom. The second kappa shape index (κ2) is 3.73. The van der Waals surface area contributed by atoms with Crippen molar-refractivity contribution in [1.82, 2.24) is 4.90 Å². The molecule has 1 aromatic rings. The Morgan fingerprint density at radius 1 is 1.20 bits per heavy atom. The van der Waals surface area contributed by atoms with Crippen molar-refractivity contribution >= 4 is 11.8 Å². The number of phenolic OH excluding ortho intramolecular Hbond substituents is 1. The highest BCUT2D eigenvalue weighted by Gasteiger charge is 2.28. The van der Waals surface area contributed by atoms with Crippen molar-refractivity contribution < 1.29 is 14.7 Å². The molecule has 15 heavy (non-hydrogen) atoms. The van der Waals surface area contributed by atoms with E-state index in [0.29, 0.717) is 12.8 Å². The van der Waals surface area contributed by atoms with E-state index in [1.807, 2.05) is 0 Å². The number of hydrogen-bond donors (Lipinski definition) is 1. The van der Waals surface area contributed by atoms with Gasteiger partial charge in [0.2, 0.25) is 11.8 Å². The second-order valence-corrected chi connectivity index (χ2v) is 3.54. The molecule has 4 heteroatoms. The van der Waals surface area contributed by atoms with Crippen molar-refractivity contribution in [2.75, 3.05) is 0 Å². The SMILES string of the molecule is O=C1CCC(=O)N1Cc1cccc(O)c1. The van der Waals surface area contributed by atoms with E-state index in [-0.39, 0.29) is 24.1 Å². The number of amides is 2. The molecule has 1 aliphatic heterocycles. The van der Waals surface area contributed by atoms with Gasteiger partial charge >= 0.3 is 0 Å². The molecule has 4 nitrogen and oxygen atoms in total. The normalized spacial score (nSPS) is 16.1. The van der Waals surface area contributed by atoms with Crippen LogP contribution in [0.2, 0.25) is 0 Å². The highest BCUT2D eigenvalue weighted by molar-refractivity contribution is 6.01. The van der Waals surface area contributed by atoms with Gasteiger partial charge in [0.05, 0.1) is 6.54 Å². The summed E-state index contributed by atoms with van der Waals surface area (Å²) in [7, 11) is 0. The molecular weight excluding hydrogens is 194 g/mol. The van der Waals surface area contributed by atoms with Crippen LogP contribution in [0.25, 0.3) is 0 Å². The van der Waals surface area contributed by atoms with Gasteiger partial charge in [-0.3, -0.25) is 14.5 Å². The summed E-state index contributed by atoms with van der Waals surface area (Å²) in [6, 6.07) is 6.57. The lowest BCUT2D eigenvalue weighted by Crippen LogP contribution is -2.28. The van der Waals surface area contributed by atoms with Crippen LogP contribution in [-0.4, -0.2) is 21.8 Å². The minimum absolute atomic E-state index is 0.136. The second-order valence-electron chi connectivity index (χ2n) is 3.54. The first-order chi connectivity index (χ1) is 7.16. The molecule has 1 saturated heterocycles. The number of rotatable bonds is 2. The molecule has 0 saturated carbocycles. The summed E-state index contributed by atoms with van der Waals surface area (Å²) in [6.45, 7) is 0.256. The molecule has 1 aliphatic rings. The first-order valence-corrected chi connectivity index (χ1v) is 4.78. The number of nitrogens with zero attached hydrogens (tertiary/aromatic N) is 1. The standard InChI is InChI=1S/C11H11NO3/c13-9-3-1-2-8(6-9)7-12-10(14)4-5-11(12)15/h1-3,6,13H,4-5,7H2. The Balaban J connectivity index is 2.15. The highest BCUT2D eigenvalue weighted by atomic mass is 16.3. The fourth-order valence-corrected chi connectivity index (χ4v) is 1.64. The molecule has 0 unspecified atom stereocenters. The van der Waals surface area contributed by atoms with Gasteiger partial charge < -0.3 is 5.11 Å². The van der Waals surface area contributed by atoms with Gasteiger partial charge in [0.25, 0.3) is 0 Å². The highest BCUT2D eigenvalue weighted by Crippen LogP contribution is 2.18. The molecule has 1 N–H and O–H groups in total. The van der Waals surface area contributed by atoms with E-state index in [1.165, 1.54) is 4.90 Å². The Kier molecular flexibility index (Phi) is 2.41. The monoisotopic (exact) mass is 205 g/mol. The number of aromatic hydroxyl groups is 1. The van der Waals surface area contributed by atoms with E-state index >= 15 is 0 Å². The molecule has 2 rings (SSSR count). The number of hydrogen-bond acceptors (Lipinski definition) is 3. The van der Waals surface area contributed by atoms with Crippen molar-refractivity contribution in [2.24, 2.45) is 0 Å². The third-order valence-corrected chi connectivity index (χ3v) is 2.41. The first kappa shape index (κ1) is 9.71. The van der Waals surface area contributed by atoms with E-state index < -0.39 is 0 Å². The summed E-state index contributed by atoms with van der Waals surface area (Å²) in [6.07, 6.45) is 0.606. The molecule has 2 amide bonds. The van der Waals surface area contributed by atoms with Gasteiger partial charge in [-0.15, -0.1) is 0 Å². The molecule has 0 spiro atoms. The Labute approximate surface area is 87.1 Å². The van der Waals surface area contributed by atoms with Crippen LogP contribution in [0.4, 0.5) is 0 Å². The van der Waals surface area contributed by atoms with E-state index in [0.717, 1.165) is 5.56 Å². The third kappa shape index (κ3) is 1.98. The number of carbonyl (C=O) groups excluding carboxylic acids is 2. The van der Waals surface area contributed by atoms with E-state index in [9.17, 15) is 14.7 Å². The van der Waals surface area contributed by atoms with Crippen LogP contribution >= 0.6 is 0 Å². The lowest BCUT2D eigenvalue weighted by molar-refractivity contribution is -0.139. The summed E-state index contributed by atoms with van der Waals surface area (Å²) in [5, 5.41) is 9.23. The van der Waals surface area contributed by atoms with Gasteiger partial charge in [0.1, 0.15) is 5.75 Å². The van der Waals surface area contributed by atoms with Gasteiger partial charge in [0.15, 0.2) is 0 Å². The van der Waals surface area contributed by atoms with Crippen molar-refractivity contribution in [3.63, 3.8) is 0 Å². The minimum atomic E-state index is -0.136. The largest absolute Gasteiger partial charge is 0.508 e. The van der Waals surface area contributed by atoms with E-state index in [2.05, 4.69) is 0 Å². The van der Waals surface area contributed by atoms with Crippen molar-refractivity contribution in [3.05, 3.63) is 29.8 Å². The van der Waals surface area contributed by atoms with Crippen molar-refractivity contribution in [2.45, 2.75) is 19.4 Å². The zero-order chi connectivity index (χ0) is 10.8. The van der Waals surface area contributed by atoms with Crippen LogP contribution in [0, 0.1) is 0 Å². The van der Waals surface area contributed by atoms with Crippen molar-refractivity contribution in [3.8, 4) is 5.75 Å². The van der Waals surface area contributed by atoms with Crippen LogP contribution in [0.5, 0.6) is 5.75 Å². The maximum Gasteiger partial charge on any atom is 0.229 e. The van der Waals surface area contributed by atoms with Crippen LogP contribution in [0.15, 0.2) is 24.3 Å². The molecule has 0 atom stereocenters. The Morgan fingerprint density at radius 3 is 2.47 bits per heavy atom. The van der Waals surface area contributed by atoms with Crippen molar-refractivity contribution in [1.29, 1.82) is 0 Å². The average Bonchev–Trinajstić information content (AvgIpc) is 2.50. The summed E-state index contributed by atoms with van der Waals surface area (Å²) < 4.78 is 0. The molecule has 0 radical (unpaired) electrons. The molecule has 1 aromatic carbocycles. The van der Waals surface area contributed by atoms with Crippen LogP contribution < -0.4 is 0 Å². The summed E-state index contributed by atoms with van der Waals surface area (Å²) in [5.41, 5.74) is 0.763. The summed E-state index contributed by atoms with van der Waals surface area (Å²) >= 11 is 0. The zero-order valence-corrected chi connectivity index (χ0v) is 8.14. The Bertz CT molecular complexity index is 398. The van der Waals surface area contributed by atoms with Gasteiger partial charge in [-0.25, -0.2) is 0 Å².